The lowest BCUT2D eigenvalue weighted by Gasteiger charge is -2.28. The van der Waals surface area contributed by atoms with E-state index in [4.69, 9.17) is 0 Å². The zero-order valence-corrected chi connectivity index (χ0v) is 12.5. The minimum atomic E-state index is -0.333. The Hall–Kier alpha value is -0.420. The topological polar surface area (TPSA) is 61.4 Å². The molecule has 1 fully saturated rings. The molecule has 0 aromatic carbocycles. The van der Waals surface area contributed by atoms with Gasteiger partial charge in [0.15, 0.2) is 0 Å². The second-order valence-electron chi connectivity index (χ2n) is 5.93. The van der Waals surface area contributed by atoms with Crippen LogP contribution in [0.15, 0.2) is 0 Å². The van der Waals surface area contributed by atoms with Gasteiger partial charge in [-0.15, -0.1) is 0 Å². The third-order valence-corrected chi connectivity index (χ3v) is 4.18. The maximum absolute atomic E-state index is 11.8. The summed E-state index contributed by atoms with van der Waals surface area (Å²) in [7, 11) is 0. The van der Waals surface area contributed by atoms with Gasteiger partial charge in [0.1, 0.15) is 0 Å². The van der Waals surface area contributed by atoms with Crippen molar-refractivity contribution in [2.75, 3.05) is 18.1 Å². The number of carbonyl (C=O) groups is 1. The zero-order valence-electron chi connectivity index (χ0n) is 11.7. The molecular formula is C13H26N2O2S. The van der Waals surface area contributed by atoms with Crippen molar-refractivity contribution in [3.63, 3.8) is 0 Å². The third kappa shape index (κ3) is 6.50. The van der Waals surface area contributed by atoms with E-state index in [1.807, 2.05) is 11.8 Å². The van der Waals surface area contributed by atoms with Crippen molar-refractivity contribution < 1.29 is 9.90 Å². The van der Waals surface area contributed by atoms with Crippen molar-refractivity contribution in [3.8, 4) is 0 Å². The number of aliphatic hydroxyl groups excluding tert-OH is 1. The molecule has 4 nitrogen and oxygen atoms in total. The highest BCUT2D eigenvalue weighted by molar-refractivity contribution is 7.99. The molecule has 3 N–H and O–H groups in total. The summed E-state index contributed by atoms with van der Waals surface area (Å²) in [5.74, 6) is 2.27. The Balaban J connectivity index is 2.23. The summed E-state index contributed by atoms with van der Waals surface area (Å²) in [4.78, 5) is 11.8. The molecule has 1 rings (SSSR count). The van der Waals surface area contributed by atoms with Gasteiger partial charge in [-0.3, -0.25) is 0 Å². The minimum Gasteiger partial charge on any atom is -0.393 e. The van der Waals surface area contributed by atoms with Crippen LogP contribution in [0.4, 0.5) is 4.79 Å². The Morgan fingerprint density at radius 1 is 1.44 bits per heavy atom. The summed E-state index contributed by atoms with van der Waals surface area (Å²) in [6.07, 6.45) is 2.48. The number of carbonyl (C=O) groups excluding carboxylic acids is 1. The molecule has 0 aromatic rings. The standard InChI is InChI=1S/C13H26N2O2S/c1-10(16)8-13(2,3)9-14-12(17)15-11-4-6-18-7-5-11/h10-11,16H,4-9H2,1-3H3,(H2,14,15,17). The number of amides is 2. The van der Waals surface area contributed by atoms with E-state index in [9.17, 15) is 9.90 Å². The van der Waals surface area contributed by atoms with Crippen molar-refractivity contribution in [1.82, 2.24) is 10.6 Å². The van der Waals surface area contributed by atoms with E-state index in [1.54, 1.807) is 6.92 Å². The first-order valence-electron chi connectivity index (χ1n) is 6.69. The fraction of sp³-hybridized carbons (Fsp3) is 0.923. The van der Waals surface area contributed by atoms with E-state index in [2.05, 4.69) is 24.5 Å². The van der Waals surface area contributed by atoms with Crippen molar-refractivity contribution in [3.05, 3.63) is 0 Å². The van der Waals surface area contributed by atoms with Crippen LogP contribution in [0.2, 0.25) is 0 Å². The van der Waals surface area contributed by atoms with Gasteiger partial charge in [-0.05, 0) is 43.1 Å². The number of nitrogens with one attached hydrogen (secondary N) is 2. The average Bonchev–Trinajstić information content (AvgIpc) is 2.26. The Morgan fingerprint density at radius 3 is 2.61 bits per heavy atom. The quantitative estimate of drug-likeness (QED) is 0.718. The molecular weight excluding hydrogens is 248 g/mol. The van der Waals surface area contributed by atoms with Crippen LogP contribution in [0.25, 0.3) is 0 Å². The number of urea groups is 1. The SMILES string of the molecule is CC(O)CC(C)(C)CNC(=O)NC1CCSCC1. The maximum Gasteiger partial charge on any atom is 0.315 e. The highest BCUT2D eigenvalue weighted by atomic mass is 32.2. The van der Waals surface area contributed by atoms with Crippen LogP contribution in [0.1, 0.15) is 40.0 Å². The molecule has 1 atom stereocenters. The molecule has 18 heavy (non-hydrogen) atoms. The van der Waals surface area contributed by atoms with Gasteiger partial charge < -0.3 is 15.7 Å². The predicted molar refractivity (Wildman–Crippen MR) is 77.0 cm³/mol. The summed E-state index contributed by atoms with van der Waals surface area (Å²) in [6, 6.07) is 0.247. The van der Waals surface area contributed by atoms with Gasteiger partial charge in [-0.25, -0.2) is 4.79 Å². The molecule has 0 bridgehead atoms. The van der Waals surface area contributed by atoms with E-state index in [0.29, 0.717) is 19.0 Å². The summed E-state index contributed by atoms with van der Waals surface area (Å²) >= 11 is 1.95. The molecule has 5 heteroatoms. The van der Waals surface area contributed by atoms with Crippen molar-refractivity contribution in [1.29, 1.82) is 0 Å². The Bertz CT molecular complexity index is 264. The van der Waals surface area contributed by atoms with Crippen molar-refractivity contribution in [2.45, 2.75) is 52.2 Å². The van der Waals surface area contributed by atoms with Crippen LogP contribution in [-0.2, 0) is 0 Å². The first kappa shape index (κ1) is 15.6. The maximum atomic E-state index is 11.8. The van der Waals surface area contributed by atoms with E-state index >= 15 is 0 Å². The number of aliphatic hydroxyl groups is 1. The molecule has 1 aliphatic heterocycles. The smallest absolute Gasteiger partial charge is 0.315 e. The van der Waals surface area contributed by atoms with Crippen LogP contribution < -0.4 is 10.6 Å². The number of hydrogen-bond acceptors (Lipinski definition) is 3. The van der Waals surface area contributed by atoms with E-state index < -0.39 is 0 Å². The number of thioether (sulfide) groups is 1. The molecule has 1 heterocycles. The van der Waals surface area contributed by atoms with Crippen LogP contribution in [0.3, 0.4) is 0 Å². The van der Waals surface area contributed by atoms with E-state index in [0.717, 1.165) is 24.3 Å². The first-order valence-corrected chi connectivity index (χ1v) is 7.85. The Morgan fingerprint density at radius 2 is 2.06 bits per heavy atom. The monoisotopic (exact) mass is 274 g/mol. The molecule has 0 radical (unpaired) electrons. The predicted octanol–water partition coefficient (Wildman–Crippen LogP) is 1.98. The normalized spacial score (nSPS) is 19.3. The summed E-state index contributed by atoms with van der Waals surface area (Å²) in [6.45, 7) is 6.47. The van der Waals surface area contributed by atoms with Gasteiger partial charge in [0.2, 0.25) is 0 Å². The fourth-order valence-corrected chi connectivity index (χ4v) is 3.38. The van der Waals surface area contributed by atoms with Gasteiger partial charge in [-0.2, -0.15) is 11.8 Å². The molecule has 0 spiro atoms. The van der Waals surface area contributed by atoms with Gasteiger partial charge in [0.05, 0.1) is 6.10 Å². The van der Waals surface area contributed by atoms with E-state index in [1.165, 1.54) is 0 Å². The highest BCUT2D eigenvalue weighted by Crippen LogP contribution is 2.21. The van der Waals surface area contributed by atoms with E-state index in [-0.39, 0.29) is 17.6 Å². The summed E-state index contributed by atoms with van der Waals surface area (Å²) < 4.78 is 0. The van der Waals surface area contributed by atoms with Crippen molar-refractivity contribution in [2.24, 2.45) is 5.41 Å². The lowest BCUT2D eigenvalue weighted by molar-refractivity contribution is 0.128. The van der Waals surface area contributed by atoms with Gasteiger partial charge in [0, 0.05) is 12.6 Å². The Kier molecular flexibility index (Phi) is 6.29. The molecule has 1 unspecified atom stereocenters. The fourth-order valence-electron chi connectivity index (χ4n) is 2.27. The zero-order chi connectivity index (χ0) is 13.6. The molecule has 1 aliphatic rings. The van der Waals surface area contributed by atoms with Crippen LogP contribution in [0, 0.1) is 5.41 Å². The molecule has 0 aliphatic carbocycles. The van der Waals surface area contributed by atoms with Crippen LogP contribution in [0.5, 0.6) is 0 Å². The first-order chi connectivity index (χ1) is 8.39. The second-order valence-corrected chi connectivity index (χ2v) is 7.16. The van der Waals surface area contributed by atoms with Gasteiger partial charge >= 0.3 is 6.03 Å². The lowest BCUT2D eigenvalue weighted by atomic mass is 9.87. The molecule has 0 saturated carbocycles. The molecule has 2 amide bonds. The molecule has 0 aromatic heterocycles. The second kappa shape index (κ2) is 7.24. The third-order valence-electron chi connectivity index (χ3n) is 3.13. The highest BCUT2D eigenvalue weighted by Gasteiger charge is 2.22. The largest absolute Gasteiger partial charge is 0.393 e. The van der Waals surface area contributed by atoms with Gasteiger partial charge in [-0.1, -0.05) is 13.8 Å². The molecule has 106 valence electrons. The van der Waals surface area contributed by atoms with Crippen LogP contribution in [-0.4, -0.2) is 41.3 Å². The Labute approximate surface area is 114 Å². The summed E-state index contributed by atoms with van der Waals surface area (Å²) in [5.41, 5.74) is -0.0755. The average molecular weight is 274 g/mol. The minimum absolute atomic E-state index is 0.0755. The van der Waals surface area contributed by atoms with Crippen molar-refractivity contribution >= 4 is 17.8 Å². The van der Waals surface area contributed by atoms with Crippen LogP contribution >= 0.6 is 11.8 Å². The number of hydrogen-bond donors (Lipinski definition) is 3. The van der Waals surface area contributed by atoms with Gasteiger partial charge in [0.25, 0.3) is 0 Å². The lowest BCUT2D eigenvalue weighted by Crippen LogP contribution is -2.46. The molecule has 1 saturated heterocycles. The number of rotatable bonds is 5. The summed E-state index contributed by atoms with van der Waals surface area (Å²) in [5, 5.41) is 15.3.